The molecular weight excluding hydrogens is 373 g/mol. The van der Waals surface area contributed by atoms with Gasteiger partial charge < -0.3 is 5.11 Å². The molecule has 1 heterocycles. The summed E-state index contributed by atoms with van der Waals surface area (Å²) in [6.45, 7) is 4.08. The quantitative estimate of drug-likeness (QED) is 0.563. The zero-order valence-corrected chi connectivity index (χ0v) is 16.9. The predicted molar refractivity (Wildman–Crippen MR) is 112 cm³/mol. The number of halogens is 2. The number of aromatic nitrogens is 1. The van der Waals surface area contributed by atoms with Crippen LogP contribution in [-0.4, -0.2) is 10.1 Å². The molecule has 0 atom stereocenters. The second-order valence-electron chi connectivity index (χ2n) is 7.65. The van der Waals surface area contributed by atoms with Crippen LogP contribution in [0.5, 0.6) is 0 Å². The van der Waals surface area contributed by atoms with Gasteiger partial charge in [0, 0.05) is 21.8 Å². The first-order valence-corrected chi connectivity index (χ1v) is 10.1. The lowest BCUT2D eigenvalue weighted by molar-refractivity contribution is 0.280. The molecule has 1 N–H and O–H groups in total. The Morgan fingerprint density at radius 2 is 1.86 bits per heavy atom. The lowest BCUT2D eigenvalue weighted by Crippen LogP contribution is -2.09. The van der Waals surface area contributed by atoms with Crippen LogP contribution in [0.4, 0.5) is 4.39 Å². The van der Waals surface area contributed by atoms with Crippen molar-refractivity contribution in [1.29, 1.82) is 0 Å². The summed E-state index contributed by atoms with van der Waals surface area (Å²) in [6.07, 6.45) is 2.76. The van der Waals surface area contributed by atoms with Crippen molar-refractivity contribution in [2.75, 3.05) is 0 Å². The molecule has 28 heavy (non-hydrogen) atoms. The fraction of sp³-hybridized carbons (Fsp3) is 0.292. The molecule has 3 aromatic rings. The summed E-state index contributed by atoms with van der Waals surface area (Å²) in [4.78, 5) is 5.04. The minimum atomic E-state index is -0.265. The van der Waals surface area contributed by atoms with Crippen LogP contribution in [-0.2, 0) is 19.4 Å². The van der Waals surface area contributed by atoms with Gasteiger partial charge in [0.2, 0.25) is 0 Å². The molecule has 0 fully saturated rings. The average molecular weight is 396 g/mol. The van der Waals surface area contributed by atoms with E-state index in [1.807, 2.05) is 18.2 Å². The molecule has 0 bridgehead atoms. The molecule has 4 rings (SSSR count). The highest BCUT2D eigenvalue weighted by atomic mass is 35.5. The molecule has 0 saturated heterocycles. The lowest BCUT2D eigenvalue weighted by Gasteiger charge is -2.22. The van der Waals surface area contributed by atoms with Crippen molar-refractivity contribution in [2.45, 2.75) is 45.6 Å². The standard InChI is InChI=1S/C24H23ClFNO/c1-14(2)23-21(13-28)22(15-6-9-18(26)10-7-15)20-5-3-4-16-12-17(25)8-11-19(16)24(20)27-23/h6-12,14,28H,3-5,13H2,1-2H3. The number of rotatable bonds is 3. The second kappa shape index (κ2) is 7.65. The van der Waals surface area contributed by atoms with Gasteiger partial charge in [-0.1, -0.05) is 43.6 Å². The van der Waals surface area contributed by atoms with Crippen LogP contribution in [0.3, 0.4) is 0 Å². The van der Waals surface area contributed by atoms with Crippen LogP contribution < -0.4 is 0 Å². The number of pyridine rings is 1. The summed E-state index contributed by atoms with van der Waals surface area (Å²) < 4.78 is 13.6. The molecule has 4 heteroatoms. The van der Waals surface area contributed by atoms with Crippen molar-refractivity contribution in [3.8, 4) is 22.4 Å². The molecule has 0 spiro atoms. The van der Waals surface area contributed by atoms with E-state index in [1.165, 1.54) is 17.7 Å². The summed E-state index contributed by atoms with van der Waals surface area (Å²) in [6, 6.07) is 12.5. The van der Waals surface area contributed by atoms with Crippen molar-refractivity contribution < 1.29 is 9.50 Å². The highest BCUT2D eigenvalue weighted by Crippen LogP contribution is 2.41. The molecule has 1 aliphatic rings. The molecule has 0 saturated carbocycles. The second-order valence-corrected chi connectivity index (χ2v) is 8.09. The van der Waals surface area contributed by atoms with E-state index in [1.54, 1.807) is 12.1 Å². The largest absolute Gasteiger partial charge is 0.392 e. The number of benzene rings is 2. The molecular formula is C24H23ClFNO. The SMILES string of the molecule is CC(C)c1nc2c(c(-c3ccc(F)cc3)c1CO)CCCc1cc(Cl)ccc1-2. The maximum absolute atomic E-state index is 13.6. The number of hydrogen-bond acceptors (Lipinski definition) is 2. The molecule has 0 unspecified atom stereocenters. The molecule has 2 nitrogen and oxygen atoms in total. The van der Waals surface area contributed by atoms with Crippen LogP contribution in [0, 0.1) is 5.82 Å². The minimum absolute atomic E-state index is 0.0893. The Kier molecular flexibility index (Phi) is 5.22. The number of aliphatic hydroxyl groups is 1. The fourth-order valence-electron chi connectivity index (χ4n) is 4.21. The fourth-order valence-corrected chi connectivity index (χ4v) is 4.40. The van der Waals surface area contributed by atoms with Gasteiger partial charge in [-0.25, -0.2) is 4.39 Å². The van der Waals surface area contributed by atoms with Gasteiger partial charge in [0.1, 0.15) is 5.82 Å². The molecule has 0 radical (unpaired) electrons. The Morgan fingerprint density at radius 3 is 2.54 bits per heavy atom. The smallest absolute Gasteiger partial charge is 0.123 e. The van der Waals surface area contributed by atoms with E-state index >= 15 is 0 Å². The van der Waals surface area contributed by atoms with E-state index in [0.717, 1.165) is 63.5 Å². The summed E-state index contributed by atoms with van der Waals surface area (Å²) in [5.41, 5.74) is 8.05. The van der Waals surface area contributed by atoms with E-state index in [-0.39, 0.29) is 18.3 Å². The first-order chi connectivity index (χ1) is 13.5. The number of hydrogen-bond donors (Lipinski definition) is 1. The monoisotopic (exact) mass is 395 g/mol. The van der Waals surface area contributed by atoms with E-state index in [2.05, 4.69) is 13.8 Å². The van der Waals surface area contributed by atoms with Gasteiger partial charge in [-0.2, -0.15) is 0 Å². The zero-order valence-electron chi connectivity index (χ0n) is 16.1. The average Bonchev–Trinajstić information content (AvgIpc) is 2.85. The highest BCUT2D eigenvalue weighted by Gasteiger charge is 2.25. The number of nitrogens with zero attached hydrogens (tertiary/aromatic N) is 1. The van der Waals surface area contributed by atoms with Crippen LogP contribution in [0.1, 0.15) is 48.6 Å². The van der Waals surface area contributed by atoms with Gasteiger partial charge >= 0.3 is 0 Å². The van der Waals surface area contributed by atoms with Crippen LogP contribution in [0.25, 0.3) is 22.4 Å². The van der Waals surface area contributed by atoms with Crippen molar-refractivity contribution in [3.63, 3.8) is 0 Å². The topological polar surface area (TPSA) is 33.1 Å². The minimum Gasteiger partial charge on any atom is -0.392 e. The molecule has 144 valence electrons. The molecule has 1 aromatic heterocycles. The van der Waals surface area contributed by atoms with Crippen molar-refractivity contribution in [2.24, 2.45) is 0 Å². The Balaban J connectivity index is 2.08. The van der Waals surface area contributed by atoms with Gasteiger partial charge in [-0.3, -0.25) is 4.98 Å². The van der Waals surface area contributed by atoms with Gasteiger partial charge in [0.05, 0.1) is 12.3 Å². The van der Waals surface area contributed by atoms with Crippen LogP contribution in [0.15, 0.2) is 42.5 Å². The van der Waals surface area contributed by atoms with Gasteiger partial charge in [0.15, 0.2) is 0 Å². The number of aryl methyl sites for hydroxylation is 1. The van der Waals surface area contributed by atoms with Crippen molar-refractivity contribution >= 4 is 11.6 Å². The maximum Gasteiger partial charge on any atom is 0.123 e. The number of aliphatic hydroxyl groups excluding tert-OH is 1. The van der Waals surface area contributed by atoms with Gasteiger partial charge in [-0.05, 0) is 71.7 Å². The Hall–Kier alpha value is -2.23. The van der Waals surface area contributed by atoms with E-state index < -0.39 is 0 Å². The van der Waals surface area contributed by atoms with E-state index in [4.69, 9.17) is 16.6 Å². The summed E-state index contributed by atoms with van der Waals surface area (Å²) >= 11 is 6.24. The number of fused-ring (bicyclic) bond motifs is 3. The summed E-state index contributed by atoms with van der Waals surface area (Å²) in [7, 11) is 0. The predicted octanol–water partition coefficient (Wildman–Crippen LogP) is 6.31. The van der Waals surface area contributed by atoms with E-state index in [9.17, 15) is 9.50 Å². The zero-order chi connectivity index (χ0) is 19.8. The first-order valence-electron chi connectivity index (χ1n) is 9.70. The van der Waals surface area contributed by atoms with Crippen LogP contribution >= 0.6 is 11.6 Å². The third-order valence-electron chi connectivity index (χ3n) is 5.46. The Bertz CT molecular complexity index is 1030. The normalized spacial score (nSPS) is 13.2. The van der Waals surface area contributed by atoms with Gasteiger partial charge in [0.25, 0.3) is 0 Å². The molecule has 0 amide bonds. The van der Waals surface area contributed by atoms with Crippen molar-refractivity contribution in [3.05, 3.63) is 75.7 Å². The maximum atomic E-state index is 13.6. The molecule has 0 aliphatic heterocycles. The third kappa shape index (κ3) is 3.34. The van der Waals surface area contributed by atoms with Crippen LogP contribution in [0.2, 0.25) is 5.02 Å². The highest BCUT2D eigenvalue weighted by molar-refractivity contribution is 6.30. The third-order valence-corrected chi connectivity index (χ3v) is 5.70. The van der Waals surface area contributed by atoms with E-state index in [0.29, 0.717) is 0 Å². The molecule has 1 aliphatic carbocycles. The van der Waals surface area contributed by atoms with Crippen molar-refractivity contribution in [1.82, 2.24) is 4.98 Å². The summed E-state index contributed by atoms with van der Waals surface area (Å²) in [5.74, 6) is -0.107. The van der Waals surface area contributed by atoms with Gasteiger partial charge in [-0.15, -0.1) is 0 Å². The lowest BCUT2D eigenvalue weighted by atomic mass is 9.87. The first kappa shape index (κ1) is 19.1. The molecule has 2 aromatic carbocycles. The summed E-state index contributed by atoms with van der Waals surface area (Å²) in [5, 5.41) is 11.0. The Morgan fingerprint density at radius 1 is 1.11 bits per heavy atom. The Labute approximate surface area is 170 Å².